The highest BCUT2D eigenvalue weighted by Crippen LogP contribution is 2.52. The van der Waals surface area contributed by atoms with Crippen LogP contribution in [0.3, 0.4) is 0 Å². The third-order valence-corrected chi connectivity index (χ3v) is 29.9. The molecule has 0 spiro atoms. The molecular formula is C126H66N4O8. The number of rotatable bonds is 8. The van der Waals surface area contributed by atoms with Crippen molar-refractivity contribution in [1.82, 2.24) is 18.3 Å². The van der Waals surface area contributed by atoms with Gasteiger partial charge in [0.05, 0.1) is 44.1 Å². The topological polar surface area (TPSA) is 125 Å². The van der Waals surface area contributed by atoms with E-state index in [1.165, 1.54) is 43.1 Å². The normalized spacial score (nSPS) is 12.6. The predicted molar refractivity (Wildman–Crippen MR) is 564 cm³/mol. The summed E-state index contributed by atoms with van der Waals surface area (Å²) in [7, 11) is 0. The quantitative estimate of drug-likeness (QED) is 0.147. The van der Waals surface area contributed by atoms with Gasteiger partial charge in [-0.25, -0.2) is 0 Å². The second-order valence-corrected chi connectivity index (χ2v) is 37.2. The van der Waals surface area contributed by atoms with Crippen LogP contribution in [0.15, 0.2) is 436 Å². The van der Waals surface area contributed by atoms with E-state index in [1.807, 2.05) is 0 Å². The average molecular weight is 1760 g/mol. The van der Waals surface area contributed by atoms with Gasteiger partial charge in [-0.2, -0.15) is 0 Å². The number of benzene rings is 21. The van der Waals surface area contributed by atoms with Crippen LogP contribution in [0.1, 0.15) is 0 Å². The highest BCUT2D eigenvalue weighted by atomic mass is 16.4. The van der Waals surface area contributed by atoms with E-state index in [-0.39, 0.29) is 0 Å². The lowest BCUT2D eigenvalue weighted by atomic mass is 9.84. The first-order valence-electron chi connectivity index (χ1n) is 46.7. The third-order valence-electron chi connectivity index (χ3n) is 29.9. The molecule has 33 aromatic rings. The lowest BCUT2D eigenvalue weighted by molar-refractivity contribution is 0.664. The van der Waals surface area contributed by atoms with Crippen LogP contribution in [0.2, 0.25) is 0 Å². The molecule has 0 atom stereocenters. The standard InChI is InChI=1S/C126H66N4O8/c1-9-25-103-75(17-1)76-18-2-10-26-104(76)127(103)71-37-45-115-91(53-71)99-63-119-95(59-123(99)135-115)87-49-67(33-41-111(87)131-119)83-57-85(69-35-43-113-89(51-69)97-61-125-101(65-121(97)133-113)93-55-73(39-47-117(93)137-125)129-107-29-13-5-21-79(107)80-22-6-14-30-108(80)129)86(70-36-44-114-90(52-70)98-62-126-102(66-122(98)134-114)94-56-74(40-48-118(94)138-126)130-109-31-15-7-23-81(109)82-24-8-16-32-110(82)130)58-84(83)68-34-42-112-88(50-68)96-60-124-100(64-120(96)132-112)92-54-72(38-46-116(92)136-124)128-105-27-11-3-19-77(105)78-20-4-12-28-106(78)128/h1-66H. The minimum atomic E-state index is 0.755. The zero-order valence-corrected chi connectivity index (χ0v) is 73.2. The summed E-state index contributed by atoms with van der Waals surface area (Å²) in [5.41, 5.74) is 33.5. The SMILES string of the molecule is c1ccc2c(c1)c1ccccc1n2-c1ccc2oc3cc4c(cc3c2c1)oc1ccc(-c2cc(-c3ccc5oc6cc7c(cc6c5c3)oc3ccc(-n5c6ccccc6c6ccccc65)cc37)c(-c3ccc5oc6cc7c(cc6c5c3)oc3ccc(-n5c6ccccc6c6ccccc65)cc37)cc2-c2ccc3oc5cc6c(cc5c3c2)oc2ccc(-n3c5ccccc5c5ccccc53)cc26)cc14. The number of hydrogen-bond acceptors (Lipinski definition) is 8. The maximum atomic E-state index is 7.06. The van der Waals surface area contributed by atoms with Gasteiger partial charge < -0.3 is 53.6 Å². The molecule has 12 aromatic heterocycles. The Labute approximate surface area is 778 Å². The van der Waals surface area contributed by atoms with Crippen molar-refractivity contribution in [2.75, 3.05) is 0 Å². The highest BCUT2D eigenvalue weighted by Gasteiger charge is 2.28. The number of fused-ring (bicyclic) bond motifs is 36. The lowest BCUT2D eigenvalue weighted by Crippen LogP contribution is -1.93. The molecule has 0 bridgehead atoms. The molecule has 12 heterocycles. The van der Waals surface area contributed by atoms with Crippen LogP contribution in [0.4, 0.5) is 0 Å². The summed E-state index contributed by atoms with van der Waals surface area (Å²) in [6.45, 7) is 0. The van der Waals surface area contributed by atoms with Crippen molar-refractivity contribution in [2.24, 2.45) is 0 Å². The summed E-state index contributed by atoms with van der Waals surface area (Å²) in [4.78, 5) is 0. The number of hydrogen-bond donors (Lipinski definition) is 0. The zero-order valence-electron chi connectivity index (χ0n) is 73.2. The summed E-state index contributed by atoms with van der Waals surface area (Å²) in [5, 5.41) is 25.1. The zero-order chi connectivity index (χ0) is 89.3. The smallest absolute Gasteiger partial charge is 0.136 e. The van der Waals surface area contributed by atoms with E-state index in [2.05, 4.69) is 419 Å². The summed E-state index contributed by atoms with van der Waals surface area (Å²) in [6.07, 6.45) is 0. The van der Waals surface area contributed by atoms with Gasteiger partial charge in [0, 0.05) is 152 Å². The van der Waals surface area contributed by atoms with Gasteiger partial charge in [0.15, 0.2) is 0 Å². The molecule has 0 unspecified atom stereocenters. The molecule has 12 heteroatoms. The second-order valence-electron chi connectivity index (χ2n) is 37.2. The van der Waals surface area contributed by atoms with Crippen LogP contribution in [-0.2, 0) is 0 Å². The molecule has 0 aliphatic heterocycles. The Hall–Kier alpha value is -18.8. The van der Waals surface area contributed by atoms with E-state index in [0.29, 0.717) is 0 Å². The van der Waals surface area contributed by atoms with Crippen LogP contribution in [0, 0.1) is 0 Å². The Morgan fingerprint density at radius 3 is 0.428 bits per heavy atom. The van der Waals surface area contributed by atoms with Crippen LogP contribution in [0.25, 0.3) is 330 Å². The van der Waals surface area contributed by atoms with Gasteiger partial charge >= 0.3 is 0 Å². The molecule has 0 N–H and O–H groups in total. The van der Waals surface area contributed by atoms with E-state index < -0.39 is 0 Å². The minimum absolute atomic E-state index is 0.755. The number of aromatic nitrogens is 4. The number of nitrogens with zero attached hydrogens (tertiary/aromatic N) is 4. The fourth-order valence-electron chi connectivity index (χ4n) is 23.7. The fourth-order valence-corrected chi connectivity index (χ4v) is 23.7. The molecule has 138 heavy (non-hydrogen) atoms. The first-order chi connectivity index (χ1) is 68.3. The second kappa shape index (κ2) is 26.6. The number of para-hydroxylation sites is 8. The summed E-state index contributed by atoms with van der Waals surface area (Å²) >= 11 is 0. The van der Waals surface area contributed by atoms with E-state index >= 15 is 0 Å². The van der Waals surface area contributed by atoms with E-state index in [0.717, 1.165) is 287 Å². The van der Waals surface area contributed by atoms with Gasteiger partial charge in [0.2, 0.25) is 0 Å². The van der Waals surface area contributed by atoms with Gasteiger partial charge in [-0.3, -0.25) is 0 Å². The van der Waals surface area contributed by atoms with Crippen molar-refractivity contribution in [2.45, 2.75) is 0 Å². The summed E-state index contributed by atoms with van der Waals surface area (Å²) in [5.74, 6) is 0. The van der Waals surface area contributed by atoms with Crippen molar-refractivity contribution in [3.63, 3.8) is 0 Å². The van der Waals surface area contributed by atoms with Crippen molar-refractivity contribution >= 4 is 263 Å². The van der Waals surface area contributed by atoms with Gasteiger partial charge in [-0.1, -0.05) is 170 Å². The minimum Gasteiger partial charge on any atom is -0.456 e. The maximum Gasteiger partial charge on any atom is 0.136 e. The Morgan fingerprint density at radius 1 is 0.109 bits per heavy atom. The molecule has 33 rings (SSSR count). The molecule has 0 aliphatic carbocycles. The lowest BCUT2D eigenvalue weighted by Gasteiger charge is -2.19. The largest absolute Gasteiger partial charge is 0.456 e. The molecule has 0 radical (unpaired) electrons. The number of furan rings is 8. The Balaban J connectivity index is 0.593. The molecular weight excluding hydrogens is 1700 g/mol. The first kappa shape index (κ1) is 72.9. The first-order valence-corrected chi connectivity index (χ1v) is 46.7. The average Bonchev–Trinajstić information content (AvgIpc) is 1.46. The molecule has 0 amide bonds. The van der Waals surface area contributed by atoms with E-state index in [1.54, 1.807) is 0 Å². The van der Waals surface area contributed by atoms with Crippen molar-refractivity contribution in [1.29, 1.82) is 0 Å². The monoisotopic (exact) mass is 1760 g/mol. The molecule has 21 aromatic carbocycles. The Bertz CT molecular complexity index is 9860. The predicted octanol–water partition coefficient (Wildman–Crippen LogP) is 35.9. The van der Waals surface area contributed by atoms with Crippen LogP contribution in [0.5, 0.6) is 0 Å². The molecule has 0 aliphatic rings. The third kappa shape index (κ3) is 10.0. The molecule has 638 valence electrons. The maximum absolute atomic E-state index is 7.06. The van der Waals surface area contributed by atoms with Crippen molar-refractivity contribution < 1.29 is 35.3 Å². The van der Waals surface area contributed by atoms with Gasteiger partial charge in [0.1, 0.15) is 89.3 Å². The Kier molecular flexibility index (Phi) is 14.0. The molecule has 12 nitrogen and oxygen atoms in total. The van der Waals surface area contributed by atoms with Gasteiger partial charge in [0.25, 0.3) is 0 Å². The molecule has 0 saturated heterocycles. The van der Waals surface area contributed by atoms with Gasteiger partial charge in [-0.15, -0.1) is 0 Å². The summed E-state index contributed by atoms with van der Waals surface area (Å²) in [6, 6.07) is 144. The van der Waals surface area contributed by atoms with Crippen LogP contribution >= 0.6 is 0 Å². The Morgan fingerprint density at radius 2 is 0.254 bits per heavy atom. The van der Waals surface area contributed by atoms with Crippen LogP contribution < -0.4 is 0 Å². The highest BCUT2D eigenvalue weighted by molar-refractivity contribution is 6.24. The van der Waals surface area contributed by atoms with E-state index in [4.69, 9.17) is 35.3 Å². The summed E-state index contributed by atoms with van der Waals surface area (Å²) < 4.78 is 65.4. The fraction of sp³-hybridized carbons (Fsp3) is 0. The van der Waals surface area contributed by atoms with Gasteiger partial charge in [-0.05, 0) is 275 Å². The van der Waals surface area contributed by atoms with Crippen molar-refractivity contribution in [3.8, 4) is 67.3 Å². The molecule has 0 saturated carbocycles. The van der Waals surface area contributed by atoms with Crippen LogP contribution in [-0.4, -0.2) is 18.3 Å². The molecule has 0 fully saturated rings. The van der Waals surface area contributed by atoms with Crippen molar-refractivity contribution in [3.05, 3.63) is 400 Å². The van der Waals surface area contributed by atoms with E-state index in [9.17, 15) is 0 Å².